The van der Waals surface area contributed by atoms with Gasteiger partial charge in [-0.2, -0.15) is 4.39 Å². The Balaban J connectivity index is 1.36. The van der Waals surface area contributed by atoms with E-state index in [4.69, 9.17) is 9.84 Å². The van der Waals surface area contributed by atoms with Gasteiger partial charge in [0.2, 0.25) is 5.82 Å². The van der Waals surface area contributed by atoms with E-state index in [0.717, 1.165) is 31.7 Å². The molecule has 0 aromatic heterocycles. The van der Waals surface area contributed by atoms with E-state index in [-0.39, 0.29) is 24.3 Å². The Labute approximate surface area is 199 Å². The normalized spacial score (nSPS) is 27.0. The fraction of sp³-hybridized carbons (Fsp3) is 0.500. The number of carboxylic acid groups (broad SMARTS) is 1. The van der Waals surface area contributed by atoms with Gasteiger partial charge >= 0.3 is 5.97 Å². The first kappa shape index (κ1) is 24.4. The molecule has 1 saturated heterocycles. The van der Waals surface area contributed by atoms with Gasteiger partial charge < -0.3 is 20.5 Å². The molecule has 6 nitrogen and oxygen atoms in total. The largest absolute Gasteiger partial charge is 0.486 e. The average molecular weight is 474 g/mol. The molecule has 2 atom stereocenters. The molecule has 0 amide bonds. The summed E-state index contributed by atoms with van der Waals surface area (Å²) in [5, 5.41) is 15.2. The second kappa shape index (κ2) is 10.3. The minimum atomic E-state index is -1.05. The predicted molar refractivity (Wildman–Crippen MR) is 127 cm³/mol. The lowest BCUT2D eigenvalue weighted by atomic mass is 9.72. The van der Waals surface area contributed by atoms with Crippen molar-refractivity contribution in [2.75, 3.05) is 32.5 Å². The zero-order valence-electron chi connectivity index (χ0n) is 19.7. The van der Waals surface area contributed by atoms with Crippen LogP contribution in [0.4, 0.5) is 14.5 Å². The van der Waals surface area contributed by atoms with Crippen molar-refractivity contribution >= 4 is 11.7 Å². The highest BCUT2D eigenvalue weighted by Crippen LogP contribution is 2.43. The number of hydrogen-bond acceptors (Lipinski definition) is 5. The number of ether oxygens (including phenoxy) is 1. The Bertz CT molecular complexity index is 994. The number of nitrogens with zero attached hydrogens (tertiary/aromatic N) is 1. The first-order chi connectivity index (χ1) is 16.3. The lowest BCUT2D eigenvalue weighted by Gasteiger charge is -2.45. The molecule has 3 N–H and O–H groups in total. The van der Waals surface area contributed by atoms with Crippen molar-refractivity contribution in [1.82, 2.24) is 10.2 Å². The van der Waals surface area contributed by atoms with Crippen molar-refractivity contribution < 1.29 is 23.4 Å². The maximum Gasteiger partial charge on any atom is 0.320 e. The van der Waals surface area contributed by atoms with Crippen LogP contribution in [0.1, 0.15) is 37.7 Å². The number of anilines is 1. The Morgan fingerprint density at radius 1 is 1.21 bits per heavy atom. The van der Waals surface area contributed by atoms with Crippen molar-refractivity contribution in [2.24, 2.45) is 5.92 Å². The molecule has 2 aromatic carbocycles. The van der Waals surface area contributed by atoms with Gasteiger partial charge in [-0.3, -0.25) is 9.69 Å². The van der Waals surface area contributed by atoms with Crippen LogP contribution in [-0.2, 0) is 10.3 Å². The van der Waals surface area contributed by atoms with Gasteiger partial charge in [0, 0.05) is 42.9 Å². The summed E-state index contributed by atoms with van der Waals surface area (Å²) in [4.78, 5) is 13.4. The zero-order chi connectivity index (χ0) is 24.3. The fourth-order valence-electron chi connectivity index (χ4n) is 5.28. The molecule has 2 fully saturated rings. The zero-order valence-corrected chi connectivity index (χ0v) is 19.7. The first-order valence-corrected chi connectivity index (χ1v) is 11.9. The molecular weight excluding hydrogens is 440 g/mol. The third-order valence-corrected chi connectivity index (χ3v) is 7.37. The van der Waals surface area contributed by atoms with Gasteiger partial charge in [-0.15, -0.1) is 0 Å². The summed E-state index contributed by atoms with van der Waals surface area (Å²) in [6, 6.07) is 12.5. The Morgan fingerprint density at radius 2 is 1.91 bits per heavy atom. The molecule has 4 rings (SSSR count). The van der Waals surface area contributed by atoms with Crippen LogP contribution >= 0.6 is 0 Å². The maximum atomic E-state index is 14.3. The highest BCUT2D eigenvalue weighted by atomic mass is 19.2. The fourth-order valence-corrected chi connectivity index (χ4v) is 5.28. The van der Waals surface area contributed by atoms with E-state index in [9.17, 15) is 13.6 Å². The predicted octanol–water partition coefficient (Wildman–Crippen LogP) is 4.22. The molecule has 184 valence electrons. The number of aliphatic carboxylic acids is 1. The van der Waals surface area contributed by atoms with Crippen LogP contribution < -0.4 is 15.4 Å². The van der Waals surface area contributed by atoms with Gasteiger partial charge in [-0.05, 0) is 51.3 Å². The molecule has 2 aliphatic rings. The molecule has 0 bridgehead atoms. The molecule has 1 saturated carbocycles. The monoisotopic (exact) mass is 473 g/mol. The quantitative estimate of drug-likeness (QED) is 0.533. The van der Waals surface area contributed by atoms with Crippen LogP contribution in [0, 0.1) is 17.6 Å². The van der Waals surface area contributed by atoms with Crippen LogP contribution in [0.5, 0.6) is 5.75 Å². The number of rotatable bonds is 8. The smallest absolute Gasteiger partial charge is 0.320 e. The van der Waals surface area contributed by atoms with E-state index >= 15 is 0 Å². The lowest BCUT2D eigenvalue weighted by molar-refractivity contribution is -0.139. The van der Waals surface area contributed by atoms with Crippen molar-refractivity contribution in [1.29, 1.82) is 0 Å². The second-order valence-corrected chi connectivity index (χ2v) is 9.66. The summed E-state index contributed by atoms with van der Waals surface area (Å²) < 4.78 is 34.2. The van der Waals surface area contributed by atoms with Crippen molar-refractivity contribution in [3.8, 4) is 5.75 Å². The van der Waals surface area contributed by atoms with Crippen LogP contribution in [-0.4, -0.2) is 55.3 Å². The Kier molecular flexibility index (Phi) is 7.38. The van der Waals surface area contributed by atoms with Gasteiger partial charge in [0.1, 0.15) is 12.1 Å². The van der Waals surface area contributed by atoms with Crippen LogP contribution in [0.15, 0.2) is 42.5 Å². The van der Waals surface area contributed by atoms with Gasteiger partial charge in [-0.1, -0.05) is 30.3 Å². The number of benzene rings is 2. The standard InChI is InChI=1S/C26H33F2N3O3/c1-31(2)26(18-6-4-3-5-7-18)10-8-17(9-11-26)15-29-19-12-21(27)24(28)23(13-19)34-20-14-22(25(32)33)30-16-20/h3-7,12-13,17,20,22,29-30H,8-11,14-16H2,1-2H3,(H,32,33)/t17?,20-,22-,26?/m0/s1. The number of nitrogens with one attached hydrogen (secondary N) is 2. The van der Waals surface area contributed by atoms with E-state index < -0.39 is 29.7 Å². The average Bonchev–Trinajstić information content (AvgIpc) is 3.30. The molecule has 0 spiro atoms. The second-order valence-electron chi connectivity index (χ2n) is 9.66. The van der Waals surface area contributed by atoms with Gasteiger partial charge in [0.15, 0.2) is 11.6 Å². The van der Waals surface area contributed by atoms with E-state index in [1.54, 1.807) is 0 Å². The van der Waals surface area contributed by atoms with E-state index in [2.05, 4.69) is 53.9 Å². The summed E-state index contributed by atoms with van der Waals surface area (Å²) in [5.74, 6) is -2.80. The lowest BCUT2D eigenvalue weighted by Crippen LogP contribution is -2.45. The van der Waals surface area contributed by atoms with E-state index in [1.807, 2.05) is 6.07 Å². The van der Waals surface area contributed by atoms with Crippen molar-refractivity contribution in [2.45, 2.75) is 49.8 Å². The van der Waals surface area contributed by atoms with Crippen molar-refractivity contribution in [3.63, 3.8) is 0 Å². The summed E-state index contributed by atoms with van der Waals surface area (Å²) in [7, 11) is 4.26. The molecule has 34 heavy (non-hydrogen) atoms. The molecule has 1 heterocycles. The van der Waals surface area contributed by atoms with Crippen LogP contribution in [0.2, 0.25) is 0 Å². The highest BCUT2D eigenvalue weighted by Gasteiger charge is 2.38. The molecular formula is C26H33F2N3O3. The Morgan fingerprint density at radius 3 is 2.53 bits per heavy atom. The highest BCUT2D eigenvalue weighted by molar-refractivity contribution is 5.73. The minimum absolute atomic E-state index is 0.0177. The van der Waals surface area contributed by atoms with Crippen LogP contribution in [0.3, 0.4) is 0 Å². The number of hydrogen-bond donors (Lipinski definition) is 3. The summed E-state index contributed by atoms with van der Waals surface area (Å²) in [6.07, 6.45) is 3.78. The molecule has 8 heteroatoms. The van der Waals surface area contributed by atoms with Crippen molar-refractivity contribution in [3.05, 3.63) is 59.7 Å². The summed E-state index contributed by atoms with van der Waals surface area (Å²) >= 11 is 0. The van der Waals surface area contributed by atoms with Gasteiger partial charge in [0.05, 0.1) is 0 Å². The number of carboxylic acids is 1. The third kappa shape index (κ3) is 5.18. The maximum absolute atomic E-state index is 14.3. The van der Waals surface area contributed by atoms with Gasteiger partial charge in [-0.25, -0.2) is 4.39 Å². The van der Waals surface area contributed by atoms with Gasteiger partial charge in [0.25, 0.3) is 0 Å². The first-order valence-electron chi connectivity index (χ1n) is 11.9. The number of halogens is 2. The third-order valence-electron chi connectivity index (χ3n) is 7.37. The topological polar surface area (TPSA) is 73.8 Å². The summed E-state index contributed by atoms with van der Waals surface area (Å²) in [6.45, 7) is 0.932. The molecule has 1 aliphatic carbocycles. The summed E-state index contributed by atoms with van der Waals surface area (Å²) in [5.41, 5.74) is 1.81. The molecule has 2 aromatic rings. The molecule has 0 unspecified atom stereocenters. The number of carbonyl (C=O) groups is 1. The van der Waals surface area contributed by atoms with Crippen LogP contribution in [0.25, 0.3) is 0 Å². The Hall–Kier alpha value is -2.71. The molecule has 0 radical (unpaired) electrons. The van der Waals surface area contributed by atoms with E-state index in [0.29, 0.717) is 18.2 Å². The van der Waals surface area contributed by atoms with E-state index in [1.165, 1.54) is 11.6 Å². The molecule has 1 aliphatic heterocycles. The SMILES string of the molecule is CN(C)C1(c2ccccc2)CCC(CNc2cc(F)c(F)c(O[C@@H]3CN[C@H](C(=O)O)C3)c2)CC1. The minimum Gasteiger partial charge on any atom is -0.486 e.